The molecular formula is C15H29NO3. The van der Waals surface area contributed by atoms with Gasteiger partial charge >= 0.3 is 5.97 Å². The van der Waals surface area contributed by atoms with Crippen molar-refractivity contribution in [3.05, 3.63) is 0 Å². The van der Waals surface area contributed by atoms with Gasteiger partial charge in [-0.15, -0.1) is 0 Å². The Balaban J connectivity index is 2.78. The summed E-state index contributed by atoms with van der Waals surface area (Å²) in [7, 11) is 0. The molecule has 0 bridgehead atoms. The molecule has 0 saturated carbocycles. The highest BCUT2D eigenvalue weighted by atomic mass is 16.5. The highest BCUT2D eigenvalue weighted by Gasteiger charge is 2.41. The predicted molar refractivity (Wildman–Crippen MR) is 75.8 cm³/mol. The summed E-state index contributed by atoms with van der Waals surface area (Å²) in [5.74, 6) is 0.261. The van der Waals surface area contributed by atoms with Crippen LogP contribution in [0.3, 0.4) is 0 Å². The molecule has 2 atom stereocenters. The molecule has 19 heavy (non-hydrogen) atoms. The monoisotopic (exact) mass is 271 g/mol. The topological polar surface area (TPSA) is 61.5 Å². The first-order chi connectivity index (χ1) is 9.04. The molecule has 0 amide bonds. The smallest absolute Gasteiger partial charge is 0.313 e. The zero-order valence-corrected chi connectivity index (χ0v) is 12.6. The van der Waals surface area contributed by atoms with Gasteiger partial charge in [0, 0.05) is 13.2 Å². The summed E-state index contributed by atoms with van der Waals surface area (Å²) in [6, 6.07) is 0. The number of carbonyl (C=O) groups excluding carboxylic acids is 1. The maximum Gasteiger partial charge on any atom is 0.313 e. The maximum atomic E-state index is 12.3. The van der Waals surface area contributed by atoms with Gasteiger partial charge in [0.05, 0.1) is 18.1 Å². The summed E-state index contributed by atoms with van der Waals surface area (Å²) in [5.41, 5.74) is 5.37. The second-order valence-electron chi connectivity index (χ2n) is 6.00. The largest absolute Gasteiger partial charge is 0.466 e. The van der Waals surface area contributed by atoms with Crippen LogP contribution < -0.4 is 5.73 Å². The van der Waals surface area contributed by atoms with Crippen LogP contribution in [-0.2, 0) is 14.3 Å². The molecule has 0 radical (unpaired) electrons. The Labute approximate surface area is 117 Å². The van der Waals surface area contributed by atoms with E-state index in [4.69, 9.17) is 15.2 Å². The van der Waals surface area contributed by atoms with Gasteiger partial charge in [0.2, 0.25) is 0 Å². The number of rotatable bonds is 7. The molecule has 0 aromatic rings. The van der Waals surface area contributed by atoms with Crippen LogP contribution in [0.1, 0.15) is 52.9 Å². The van der Waals surface area contributed by atoms with Crippen LogP contribution in [0.4, 0.5) is 0 Å². The van der Waals surface area contributed by atoms with Crippen LogP contribution in [-0.4, -0.2) is 31.8 Å². The molecule has 2 unspecified atom stereocenters. The highest BCUT2D eigenvalue weighted by Crippen LogP contribution is 2.35. The van der Waals surface area contributed by atoms with Gasteiger partial charge in [0.15, 0.2) is 0 Å². The fourth-order valence-electron chi connectivity index (χ4n) is 2.97. The van der Waals surface area contributed by atoms with E-state index in [9.17, 15) is 4.79 Å². The number of nitrogens with two attached hydrogens (primary N) is 1. The van der Waals surface area contributed by atoms with Crippen molar-refractivity contribution in [3.8, 4) is 0 Å². The number of ether oxygens (including phenoxy) is 2. The molecular weight excluding hydrogens is 242 g/mol. The first-order valence-electron chi connectivity index (χ1n) is 7.53. The molecule has 1 fully saturated rings. The van der Waals surface area contributed by atoms with Crippen LogP contribution in [0.5, 0.6) is 0 Å². The van der Waals surface area contributed by atoms with E-state index in [0.717, 1.165) is 25.9 Å². The van der Waals surface area contributed by atoms with Crippen molar-refractivity contribution in [2.75, 3.05) is 19.8 Å². The zero-order chi connectivity index (χ0) is 14.3. The fourth-order valence-corrected chi connectivity index (χ4v) is 2.97. The van der Waals surface area contributed by atoms with E-state index < -0.39 is 5.41 Å². The van der Waals surface area contributed by atoms with E-state index in [1.165, 1.54) is 6.42 Å². The van der Waals surface area contributed by atoms with Gasteiger partial charge in [0.25, 0.3) is 0 Å². The normalized spacial score (nSPS) is 23.1. The molecule has 1 aliphatic rings. The van der Waals surface area contributed by atoms with Crippen LogP contribution in [0.25, 0.3) is 0 Å². The van der Waals surface area contributed by atoms with Gasteiger partial charge in [-0.2, -0.15) is 0 Å². The van der Waals surface area contributed by atoms with Crippen molar-refractivity contribution in [1.29, 1.82) is 0 Å². The van der Waals surface area contributed by atoms with Crippen molar-refractivity contribution in [3.63, 3.8) is 0 Å². The number of hydrogen-bond donors (Lipinski definition) is 1. The molecule has 1 heterocycles. The summed E-state index contributed by atoms with van der Waals surface area (Å²) in [5, 5.41) is 0. The minimum Gasteiger partial charge on any atom is -0.466 e. The minimum atomic E-state index is -0.577. The lowest BCUT2D eigenvalue weighted by Crippen LogP contribution is -2.44. The van der Waals surface area contributed by atoms with E-state index in [1.807, 2.05) is 6.92 Å². The number of esters is 1. The van der Waals surface area contributed by atoms with Crippen molar-refractivity contribution in [2.24, 2.45) is 17.1 Å². The Morgan fingerprint density at radius 3 is 2.68 bits per heavy atom. The Morgan fingerprint density at radius 1 is 1.47 bits per heavy atom. The zero-order valence-electron chi connectivity index (χ0n) is 12.6. The predicted octanol–water partition coefficient (Wildman–Crippen LogP) is 2.50. The van der Waals surface area contributed by atoms with Crippen LogP contribution in [0.2, 0.25) is 0 Å². The minimum absolute atomic E-state index is 0.152. The molecule has 0 spiro atoms. The fraction of sp³-hybridized carbons (Fsp3) is 0.933. The second kappa shape index (κ2) is 7.85. The third kappa shape index (κ3) is 4.77. The number of carbonyl (C=O) groups is 1. The molecule has 1 aliphatic heterocycles. The summed E-state index contributed by atoms with van der Waals surface area (Å²) in [6.45, 7) is 7.62. The lowest BCUT2D eigenvalue weighted by atomic mass is 9.75. The van der Waals surface area contributed by atoms with Gasteiger partial charge in [-0.25, -0.2) is 0 Å². The molecule has 4 heteroatoms. The molecule has 0 aromatic carbocycles. The quantitative estimate of drug-likeness (QED) is 0.723. The first kappa shape index (κ1) is 16.4. The molecule has 1 saturated heterocycles. The molecule has 4 nitrogen and oxygen atoms in total. The second-order valence-corrected chi connectivity index (χ2v) is 6.00. The molecule has 0 aliphatic carbocycles. The van der Waals surface area contributed by atoms with Gasteiger partial charge in [0.1, 0.15) is 0 Å². The van der Waals surface area contributed by atoms with Crippen molar-refractivity contribution in [1.82, 2.24) is 0 Å². The Hall–Kier alpha value is -0.610. The Kier molecular flexibility index (Phi) is 6.80. The lowest BCUT2D eigenvalue weighted by molar-refractivity contribution is -0.159. The first-order valence-corrected chi connectivity index (χ1v) is 7.53. The number of hydrogen-bond acceptors (Lipinski definition) is 4. The lowest BCUT2D eigenvalue weighted by Gasteiger charge is -2.36. The van der Waals surface area contributed by atoms with E-state index in [1.54, 1.807) is 0 Å². The van der Waals surface area contributed by atoms with E-state index >= 15 is 0 Å². The van der Waals surface area contributed by atoms with Crippen LogP contribution in [0, 0.1) is 11.3 Å². The Morgan fingerprint density at radius 2 is 2.21 bits per heavy atom. The van der Waals surface area contributed by atoms with E-state index in [-0.39, 0.29) is 12.1 Å². The average Bonchev–Trinajstić information content (AvgIpc) is 2.38. The summed E-state index contributed by atoms with van der Waals surface area (Å²) in [4.78, 5) is 12.3. The highest BCUT2D eigenvalue weighted by molar-refractivity contribution is 5.77. The standard InChI is InChI=1S/C15H29NO3/c1-4-18-14(17)15(11-16,9-12(2)3)10-13-7-5-6-8-19-13/h12-13H,4-11,16H2,1-3H3. The average molecular weight is 271 g/mol. The van der Waals surface area contributed by atoms with Crippen molar-refractivity contribution >= 4 is 5.97 Å². The summed E-state index contributed by atoms with van der Waals surface area (Å²) < 4.78 is 11.0. The Bertz CT molecular complexity index is 275. The maximum absolute atomic E-state index is 12.3. The van der Waals surface area contributed by atoms with Crippen LogP contribution in [0.15, 0.2) is 0 Å². The van der Waals surface area contributed by atoms with Gasteiger partial charge in [-0.3, -0.25) is 4.79 Å². The van der Waals surface area contributed by atoms with E-state index in [2.05, 4.69) is 13.8 Å². The molecule has 1 rings (SSSR count). The third-order valence-electron chi connectivity index (χ3n) is 3.79. The van der Waals surface area contributed by atoms with Gasteiger partial charge in [-0.05, 0) is 44.9 Å². The molecule has 2 N–H and O–H groups in total. The van der Waals surface area contributed by atoms with Crippen molar-refractivity contribution in [2.45, 2.75) is 59.0 Å². The van der Waals surface area contributed by atoms with Crippen LogP contribution >= 0.6 is 0 Å². The van der Waals surface area contributed by atoms with Gasteiger partial charge < -0.3 is 15.2 Å². The molecule has 0 aromatic heterocycles. The summed E-state index contributed by atoms with van der Waals surface area (Å²) in [6.07, 6.45) is 4.94. The van der Waals surface area contributed by atoms with Gasteiger partial charge in [-0.1, -0.05) is 13.8 Å². The summed E-state index contributed by atoms with van der Waals surface area (Å²) >= 11 is 0. The van der Waals surface area contributed by atoms with E-state index in [0.29, 0.717) is 25.5 Å². The van der Waals surface area contributed by atoms with Crippen molar-refractivity contribution < 1.29 is 14.3 Å². The SMILES string of the molecule is CCOC(=O)C(CN)(CC(C)C)CC1CCCCO1. The molecule has 112 valence electrons. The third-order valence-corrected chi connectivity index (χ3v) is 3.79.